The zero-order valence-corrected chi connectivity index (χ0v) is 12.4. The molecular formula is C14H17BrO4. The van der Waals surface area contributed by atoms with Crippen molar-refractivity contribution >= 4 is 21.7 Å². The van der Waals surface area contributed by atoms with Crippen molar-refractivity contribution < 1.29 is 19.0 Å². The quantitative estimate of drug-likeness (QED) is 0.721. The van der Waals surface area contributed by atoms with E-state index in [4.69, 9.17) is 14.2 Å². The maximum atomic E-state index is 11.5. The number of halogens is 1. The van der Waals surface area contributed by atoms with Crippen LogP contribution in [-0.2, 0) is 25.6 Å². The van der Waals surface area contributed by atoms with Gasteiger partial charge < -0.3 is 14.2 Å². The Morgan fingerprint density at radius 2 is 2.05 bits per heavy atom. The van der Waals surface area contributed by atoms with Gasteiger partial charge in [-0.2, -0.15) is 0 Å². The fraction of sp³-hybridized carbons (Fsp3) is 0.500. The van der Waals surface area contributed by atoms with E-state index in [1.165, 1.54) is 0 Å². The number of hydrogen-bond donors (Lipinski definition) is 0. The van der Waals surface area contributed by atoms with E-state index < -0.39 is 6.10 Å². The molecule has 19 heavy (non-hydrogen) atoms. The first-order valence-corrected chi connectivity index (χ1v) is 7.00. The lowest BCUT2D eigenvalue weighted by molar-refractivity contribution is -0.169. The minimum atomic E-state index is -0.433. The van der Waals surface area contributed by atoms with Gasteiger partial charge in [0.1, 0.15) is 6.10 Å². The number of benzene rings is 1. The Morgan fingerprint density at radius 3 is 2.74 bits per heavy atom. The maximum absolute atomic E-state index is 11.5. The highest BCUT2D eigenvalue weighted by atomic mass is 79.9. The van der Waals surface area contributed by atoms with Gasteiger partial charge in [0.2, 0.25) is 0 Å². The molecule has 4 nitrogen and oxygen atoms in total. The van der Waals surface area contributed by atoms with Crippen LogP contribution in [-0.4, -0.2) is 38.3 Å². The van der Waals surface area contributed by atoms with Crippen LogP contribution in [0, 0.1) is 0 Å². The molecule has 0 radical (unpaired) electrons. The Kier molecular flexibility index (Phi) is 5.51. The molecular weight excluding hydrogens is 312 g/mol. The second-order valence-electron chi connectivity index (χ2n) is 4.40. The van der Waals surface area contributed by atoms with Gasteiger partial charge >= 0.3 is 0 Å². The standard InChI is InChI=1S/C14H17BrO4/c1-17-6-7-18-14-12(16)8-13(14)19-9-10-4-2-3-5-11(10)15/h2-5,13-14H,6-9H2,1H3. The van der Waals surface area contributed by atoms with E-state index in [0.29, 0.717) is 26.2 Å². The Labute approximate surface area is 121 Å². The number of carbonyl (C=O) groups is 1. The van der Waals surface area contributed by atoms with Crippen LogP contribution in [0.15, 0.2) is 28.7 Å². The highest BCUT2D eigenvalue weighted by Crippen LogP contribution is 2.25. The average Bonchev–Trinajstić information content (AvgIpc) is 2.41. The zero-order valence-electron chi connectivity index (χ0n) is 10.8. The lowest BCUT2D eigenvalue weighted by Crippen LogP contribution is -2.50. The van der Waals surface area contributed by atoms with Gasteiger partial charge in [0.15, 0.2) is 5.78 Å². The average molecular weight is 329 g/mol. The van der Waals surface area contributed by atoms with E-state index in [2.05, 4.69) is 15.9 Å². The molecule has 1 aliphatic carbocycles. The van der Waals surface area contributed by atoms with Crippen LogP contribution in [0.2, 0.25) is 0 Å². The van der Waals surface area contributed by atoms with Crippen LogP contribution < -0.4 is 0 Å². The minimum Gasteiger partial charge on any atom is -0.382 e. The molecule has 0 heterocycles. The van der Waals surface area contributed by atoms with Crippen LogP contribution in [0.25, 0.3) is 0 Å². The Balaban J connectivity index is 1.80. The van der Waals surface area contributed by atoms with Crippen molar-refractivity contribution in [3.63, 3.8) is 0 Å². The molecule has 0 amide bonds. The first-order valence-electron chi connectivity index (χ1n) is 6.20. The van der Waals surface area contributed by atoms with Crippen LogP contribution in [0.3, 0.4) is 0 Å². The molecule has 2 rings (SSSR count). The summed E-state index contributed by atoms with van der Waals surface area (Å²) in [5.41, 5.74) is 1.07. The molecule has 1 fully saturated rings. The van der Waals surface area contributed by atoms with E-state index >= 15 is 0 Å². The second kappa shape index (κ2) is 7.14. The first-order chi connectivity index (χ1) is 9.22. The first kappa shape index (κ1) is 14.7. The molecule has 0 aliphatic heterocycles. The molecule has 2 unspecified atom stereocenters. The topological polar surface area (TPSA) is 44.8 Å². The number of Topliss-reactive ketones (excluding diaryl/α,β-unsaturated/α-hetero) is 1. The number of hydrogen-bond acceptors (Lipinski definition) is 4. The number of carbonyl (C=O) groups excluding carboxylic acids is 1. The highest BCUT2D eigenvalue weighted by molar-refractivity contribution is 9.10. The summed E-state index contributed by atoms with van der Waals surface area (Å²) < 4.78 is 17.1. The van der Waals surface area contributed by atoms with E-state index in [9.17, 15) is 4.79 Å². The maximum Gasteiger partial charge on any atom is 0.166 e. The summed E-state index contributed by atoms with van der Waals surface area (Å²) in [6, 6.07) is 7.88. The van der Waals surface area contributed by atoms with Gasteiger partial charge in [-0.15, -0.1) is 0 Å². The number of ether oxygens (including phenoxy) is 3. The molecule has 0 aromatic heterocycles. The molecule has 1 aliphatic rings. The fourth-order valence-corrected chi connectivity index (χ4v) is 2.28. The van der Waals surface area contributed by atoms with Gasteiger partial charge in [0, 0.05) is 18.0 Å². The van der Waals surface area contributed by atoms with Crippen molar-refractivity contribution in [2.75, 3.05) is 20.3 Å². The molecule has 5 heteroatoms. The Bertz CT molecular complexity index is 435. The summed E-state index contributed by atoms with van der Waals surface area (Å²) in [5, 5.41) is 0. The van der Waals surface area contributed by atoms with Gasteiger partial charge in [-0.1, -0.05) is 34.1 Å². The van der Waals surface area contributed by atoms with E-state index in [0.717, 1.165) is 10.0 Å². The smallest absolute Gasteiger partial charge is 0.166 e. The summed E-state index contributed by atoms with van der Waals surface area (Å²) >= 11 is 3.47. The molecule has 0 N–H and O–H groups in total. The lowest BCUT2D eigenvalue weighted by Gasteiger charge is -2.34. The zero-order chi connectivity index (χ0) is 13.7. The molecule has 104 valence electrons. The van der Waals surface area contributed by atoms with Crippen molar-refractivity contribution in [3.8, 4) is 0 Å². The SMILES string of the molecule is COCCOC1C(=O)CC1OCc1ccccc1Br. The van der Waals surface area contributed by atoms with Crippen molar-refractivity contribution in [2.45, 2.75) is 25.2 Å². The third-order valence-electron chi connectivity index (χ3n) is 3.05. The summed E-state index contributed by atoms with van der Waals surface area (Å²) in [4.78, 5) is 11.5. The third-order valence-corrected chi connectivity index (χ3v) is 3.83. The summed E-state index contributed by atoms with van der Waals surface area (Å²) in [5.74, 6) is 0.105. The number of methoxy groups -OCH3 is 1. The predicted octanol–water partition coefficient (Wildman–Crippen LogP) is 2.34. The lowest BCUT2D eigenvalue weighted by atomic mass is 9.90. The van der Waals surface area contributed by atoms with Crippen molar-refractivity contribution in [3.05, 3.63) is 34.3 Å². The Hall–Kier alpha value is -0.750. The van der Waals surface area contributed by atoms with Crippen LogP contribution in [0.1, 0.15) is 12.0 Å². The minimum absolute atomic E-state index is 0.105. The largest absolute Gasteiger partial charge is 0.382 e. The summed E-state index contributed by atoms with van der Waals surface area (Å²) in [6.07, 6.45) is -0.142. The second-order valence-corrected chi connectivity index (χ2v) is 5.25. The predicted molar refractivity (Wildman–Crippen MR) is 74.0 cm³/mol. The van der Waals surface area contributed by atoms with Crippen LogP contribution >= 0.6 is 15.9 Å². The molecule has 1 aromatic rings. The number of rotatable bonds is 7. The van der Waals surface area contributed by atoms with Crippen molar-refractivity contribution in [1.29, 1.82) is 0 Å². The van der Waals surface area contributed by atoms with Crippen LogP contribution in [0.5, 0.6) is 0 Å². The summed E-state index contributed by atoms with van der Waals surface area (Å²) in [6.45, 7) is 1.38. The normalized spacial score (nSPS) is 22.3. The third kappa shape index (κ3) is 3.86. The van der Waals surface area contributed by atoms with Crippen LogP contribution in [0.4, 0.5) is 0 Å². The molecule has 1 aromatic carbocycles. The fourth-order valence-electron chi connectivity index (χ4n) is 1.89. The van der Waals surface area contributed by atoms with Gasteiger partial charge in [-0.25, -0.2) is 0 Å². The van der Waals surface area contributed by atoms with Gasteiger partial charge in [0.25, 0.3) is 0 Å². The van der Waals surface area contributed by atoms with Gasteiger partial charge in [-0.3, -0.25) is 4.79 Å². The summed E-state index contributed by atoms with van der Waals surface area (Å²) in [7, 11) is 1.60. The molecule has 2 atom stereocenters. The Morgan fingerprint density at radius 1 is 1.26 bits per heavy atom. The molecule has 0 saturated heterocycles. The van der Waals surface area contributed by atoms with Gasteiger partial charge in [-0.05, 0) is 11.6 Å². The van der Waals surface area contributed by atoms with Crippen molar-refractivity contribution in [1.82, 2.24) is 0 Å². The van der Waals surface area contributed by atoms with E-state index in [1.807, 2.05) is 24.3 Å². The van der Waals surface area contributed by atoms with Gasteiger partial charge in [0.05, 0.1) is 25.9 Å². The molecule has 0 spiro atoms. The van der Waals surface area contributed by atoms with E-state index in [-0.39, 0.29) is 11.9 Å². The molecule has 0 bridgehead atoms. The van der Waals surface area contributed by atoms with E-state index in [1.54, 1.807) is 7.11 Å². The monoisotopic (exact) mass is 328 g/mol. The van der Waals surface area contributed by atoms with Crippen molar-refractivity contribution in [2.24, 2.45) is 0 Å². The highest BCUT2D eigenvalue weighted by Gasteiger charge is 2.41. The molecule has 1 saturated carbocycles. The number of ketones is 1.